The Morgan fingerprint density at radius 3 is 2.84 bits per heavy atom. The number of urea groups is 1. The maximum absolute atomic E-state index is 12.1. The molecule has 25 heavy (non-hydrogen) atoms. The third-order valence-electron chi connectivity index (χ3n) is 4.53. The van der Waals surface area contributed by atoms with Gasteiger partial charge in [0.25, 0.3) is 0 Å². The lowest BCUT2D eigenvalue weighted by Crippen LogP contribution is -2.52. The normalized spacial score (nSPS) is 21.0. The van der Waals surface area contributed by atoms with Gasteiger partial charge >= 0.3 is 6.03 Å². The molecular formula is C18H25N5O2. The van der Waals surface area contributed by atoms with Crippen molar-refractivity contribution in [2.24, 2.45) is 5.92 Å². The highest BCUT2D eigenvalue weighted by molar-refractivity contribution is 5.74. The molecule has 1 fully saturated rings. The Labute approximate surface area is 147 Å². The molecule has 1 aliphatic rings. The number of rotatable bonds is 5. The van der Waals surface area contributed by atoms with E-state index >= 15 is 0 Å². The van der Waals surface area contributed by atoms with Gasteiger partial charge in [-0.25, -0.2) is 4.79 Å². The number of amides is 2. The van der Waals surface area contributed by atoms with Gasteiger partial charge in [-0.3, -0.25) is 4.90 Å². The highest BCUT2D eigenvalue weighted by Gasteiger charge is 2.27. The van der Waals surface area contributed by atoms with Crippen LogP contribution < -0.4 is 10.6 Å². The number of aryl methyl sites for hydroxylation is 1. The van der Waals surface area contributed by atoms with Crippen molar-refractivity contribution in [3.63, 3.8) is 0 Å². The largest absolute Gasteiger partial charge is 0.340 e. The molecule has 1 aliphatic heterocycles. The predicted octanol–water partition coefficient (Wildman–Crippen LogP) is 2.09. The van der Waals surface area contributed by atoms with E-state index in [9.17, 15) is 4.79 Å². The first-order valence-corrected chi connectivity index (χ1v) is 8.70. The van der Waals surface area contributed by atoms with E-state index in [1.165, 1.54) is 5.56 Å². The zero-order chi connectivity index (χ0) is 17.6. The molecule has 7 nitrogen and oxygen atoms in total. The van der Waals surface area contributed by atoms with E-state index in [0.717, 1.165) is 26.1 Å². The number of piperidine rings is 1. The number of carbonyl (C=O) groups is 1. The van der Waals surface area contributed by atoms with Crippen LogP contribution in [0.25, 0.3) is 0 Å². The molecule has 2 N–H and O–H groups in total. The molecule has 7 heteroatoms. The first-order valence-electron chi connectivity index (χ1n) is 8.70. The Balaban J connectivity index is 1.42. The second-order valence-electron chi connectivity index (χ2n) is 6.65. The standard InChI is InChI=1S/C18H25N5O2/c1-13-11-23(12-15-6-4-3-5-7-15)9-8-16(13)21-18(24)19-10-17-20-14(2)25-22-17/h3-7,13,16H,8-12H2,1-2H3,(H2,19,21,24)/t13-,16+/m1/s1. The minimum Gasteiger partial charge on any atom is -0.340 e. The summed E-state index contributed by atoms with van der Waals surface area (Å²) in [5.41, 5.74) is 1.33. The quantitative estimate of drug-likeness (QED) is 0.868. The Bertz CT molecular complexity index is 688. The molecule has 0 saturated carbocycles. The van der Waals surface area contributed by atoms with E-state index in [2.05, 4.69) is 56.9 Å². The van der Waals surface area contributed by atoms with Crippen LogP contribution in [-0.4, -0.2) is 40.2 Å². The molecule has 0 aliphatic carbocycles. The summed E-state index contributed by atoms with van der Waals surface area (Å²) in [6, 6.07) is 10.5. The van der Waals surface area contributed by atoms with Crippen molar-refractivity contribution >= 4 is 6.03 Å². The highest BCUT2D eigenvalue weighted by atomic mass is 16.5. The van der Waals surface area contributed by atoms with Crippen LogP contribution in [0.15, 0.2) is 34.9 Å². The van der Waals surface area contributed by atoms with Crippen molar-refractivity contribution in [1.29, 1.82) is 0 Å². The summed E-state index contributed by atoms with van der Waals surface area (Å²) in [6.45, 7) is 7.09. The van der Waals surface area contributed by atoms with Crippen molar-refractivity contribution in [1.82, 2.24) is 25.7 Å². The molecule has 0 bridgehead atoms. The summed E-state index contributed by atoms with van der Waals surface area (Å²) in [5, 5.41) is 9.61. The van der Waals surface area contributed by atoms with Gasteiger partial charge in [0.1, 0.15) is 0 Å². The Morgan fingerprint density at radius 2 is 2.16 bits per heavy atom. The lowest BCUT2D eigenvalue weighted by Gasteiger charge is -2.37. The fraction of sp³-hybridized carbons (Fsp3) is 0.500. The second-order valence-corrected chi connectivity index (χ2v) is 6.65. The van der Waals surface area contributed by atoms with Crippen LogP contribution >= 0.6 is 0 Å². The fourth-order valence-electron chi connectivity index (χ4n) is 3.22. The monoisotopic (exact) mass is 343 g/mol. The minimum absolute atomic E-state index is 0.180. The molecule has 0 radical (unpaired) electrons. The average Bonchev–Trinajstić information content (AvgIpc) is 3.02. The van der Waals surface area contributed by atoms with Crippen molar-refractivity contribution < 1.29 is 9.32 Å². The molecule has 0 unspecified atom stereocenters. The maximum Gasteiger partial charge on any atom is 0.315 e. The van der Waals surface area contributed by atoms with E-state index in [4.69, 9.17) is 4.52 Å². The molecule has 2 atom stereocenters. The van der Waals surface area contributed by atoms with E-state index in [1.54, 1.807) is 6.92 Å². The first-order chi connectivity index (χ1) is 12.1. The van der Waals surface area contributed by atoms with Gasteiger partial charge in [0.15, 0.2) is 5.82 Å². The molecule has 2 amide bonds. The summed E-state index contributed by atoms with van der Waals surface area (Å²) in [5.74, 6) is 1.38. The Kier molecular flexibility index (Phi) is 5.65. The molecule has 1 aromatic carbocycles. The van der Waals surface area contributed by atoms with Gasteiger partial charge in [-0.05, 0) is 17.9 Å². The van der Waals surface area contributed by atoms with Crippen molar-refractivity contribution in [3.8, 4) is 0 Å². The van der Waals surface area contributed by atoms with Crippen LogP contribution in [0.1, 0.15) is 30.6 Å². The number of nitrogens with one attached hydrogen (secondary N) is 2. The zero-order valence-electron chi connectivity index (χ0n) is 14.7. The Morgan fingerprint density at radius 1 is 1.36 bits per heavy atom. The molecule has 0 spiro atoms. The van der Waals surface area contributed by atoms with E-state index < -0.39 is 0 Å². The summed E-state index contributed by atoms with van der Waals surface area (Å²) >= 11 is 0. The van der Waals surface area contributed by atoms with E-state index in [-0.39, 0.29) is 18.6 Å². The first kappa shape index (κ1) is 17.4. The molecule has 2 heterocycles. The molecule has 2 aromatic rings. The van der Waals surface area contributed by atoms with Crippen LogP contribution in [0.4, 0.5) is 4.79 Å². The third kappa shape index (κ3) is 5.03. The number of hydrogen-bond acceptors (Lipinski definition) is 5. The number of likely N-dealkylation sites (tertiary alicyclic amines) is 1. The van der Waals surface area contributed by atoms with Crippen LogP contribution in [0.2, 0.25) is 0 Å². The lowest BCUT2D eigenvalue weighted by molar-refractivity contribution is 0.142. The topological polar surface area (TPSA) is 83.3 Å². The second kappa shape index (κ2) is 8.11. The van der Waals surface area contributed by atoms with Gasteiger partial charge in [-0.2, -0.15) is 4.98 Å². The predicted molar refractivity (Wildman–Crippen MR) is 93.7 cm³/mol. The number of nitrogens with zero attached hydrogens (tertiary/aromatic N) is 3. The van der Waals surface area contributed by atoms with Gasteiger partial charge < -0.3 is 15.2 Å². The fourth-order valence-corrected chi connectivity index (χ4v) is 3.22. The highest BCUT2D eigenvalue weighted by Crippen LogP contribution is 2.18. The molecule has 1 aromatic heterocycles. The van der Waals surface area contributed by atoms with Gasteiger partial charge in [0.05, 0.1) is 6.54 Å². The van der Waals surface area contributed by atoms with Crippen LogP contribution in [0.3, 0.4) is 0 Å². The van der Waals surface area contributed by atoms with E-state index in [0.29, 0.717) is 17.6 Å². The van der Waals surface area contributed by atoms with Crippen molar-refractivity contribution in [2.75, 3.05) is 13.1 Å². The van der Waals surface area contributed by atoms with Gasteiger partial charge in [0, 0.05) is 32.6 Å². The van der Waals surface area contributed by atoms with Crippen molar-refractivity contribution in [3.05, 3.63) is 47.6 Å². The SMILES string of the molecule is Cc1nc(CNC(=O)N[C@H]2CCN(Cc3ccccc3)C[C@H]2C)no1. The number of carbonyl (C=O) groups excluding carboxylic acids is 1. The number of benzene rings is 1. The number of hydrogen-bond donors (Lipinski definition) is 2. The summed E-state index contributed by atoms with van der Waals surface area (Å²) in [6.07, 6.45) is 0.947. The van der Waals surface area contributed by atoms with Crippen LogP contribution in [-0.2, 0) is 13.1 Å². The molecule has 1 saturated heterocycles. The van der Waals surface area contributed by atoms with Crippen LogP contribution in [0.5, 0.6) is 0 Å². The summed E-state index contributed by atoms with van der Waals surface area (Å²) < 4.78 is 4.89. The Hall–Kier alpha value is -2.41. The zero-order valence-corrected chi connectivity index (χ0v) is 14.7. The smallest absolute Gasteiger partial charge is 0.315 e. The summed E-state index contributed by atoms with van der Waals surface area (Å²) in [4.78, 5) is 18.6. The average molecular weight is 343 g/mol. The molecule has 134 valence electrons. The van der Waals surface area contributed by atoms with Gasteiger partial charge in [0.2, 0.25) is 5.89 Å². The number of aromatic nitrogens is 2. The summed E-state index contributed by atoms with van der Waals surface area (Å²) in [7, 11) is 0. The molecular weight excluding hydrogens is 318 g/mol. The minimum atomic E-state index is -0.184. The maximum atomic E-state index is 12.1. The lowest BCUT2D eigenvalue weighted by atomic mass is 9.93. The third-order valence-corrected chi connectivity index (χ3v) is 4.53. The van der Waals surface area contributed by atoms with Crippen LogP contribution in [0, 0.1) is 12.8 Å². The van der Waals surface area contributed by atoms with Gasteiger partial charge in [-0.15, -0.1) is 0 Å². The van der Waals surface area contributed by atoms with Gasteiger partial charge in [-0.1, -0.05) is 42.4 Å². The van der Waals surface area contributed by atoms with Crippen molar-refractivity contribution in [2.45, 2.75) is 39.4 Å². The van der Waals surface area contributed by atoms with E-state index in [1.807, 2.05) is 6.07 Å². The molecule has 3 rings (SSSR count).